The van der Waals surface area contributed by atoms with Crippen molar-refractivity contribution in [3.8, 4) is 11.5 Å². The summed E-state index contributed by atoms with van der Waals surface area (Å²) in [5.41, 5.74) is 0.534. The third-order valence-corrected chi connectivity index (χ3v) is 4.17. The van der Waals surface area contributed by atoms with E-state index in [0.29, 0.717) is 28.0 Å². The molecule has 0 saturated carbocycles. The van der Waals surface area contributed by atoms with Crippen LogP contribution in [0.25, 0.3) is 10.8 Å². The van der Waals surface area contributed by atoms with Crippen molar-refractivity contribution in [2.45, 2.75) is 0 Å². The van der Waals surface area contributed by atoms with Crippen molar-refractivity contribution in [1.29, 1.82) is 0 Å². The molecule has 2 aromatic carbocycles. The SMILES string of the molecule is Cn1nc(C(=O)Nc2ccc(Oc3ccncc3)cc2)c2ccccc2c1=O. The van der Waals surface area contributed by atoms with Gasteiger partial charge in [-0.1, -0.05) is 18.2 Å². The smallest absolute Gasteiger partial charge is 0.276 e. The molecule has 7 nitrogen and oxygen atoms in total. The summed E-state index contributed by atoms with van der Waals surface area (Å²) < 4.78 is 6.88. The van der Waals surface area contributed by atoms with Crippen LogP contribution in [0.2, 0.25) is 0 Å². The molecule has 4 aromatic rings. The lowest BCUT2D eigenvalue weighted by Crippen LogP contribution is -2.25. The van der Waals surface area contributed by atoms with E-state index in [1.165, 1.54) is 11.7 Å². The quantitative estimate of drug-likeness (QED) is 0.594. The van der Waals surface area contributed by atoms with Crippen LogP contribution in [0.15, 0.2) is 77.9 Å². The summed E-state index contributed by atoms with van der Waals surface area (Å²) in [4.78, 5) is 28.9. The average molecular weight is 372 g/mol. The fourth-order valence-corrected chi connectivity index (χ4v) is 2.81. The molecule has 0 aliphatic heterocycles. The molecule has 4 rings (SSSR count). The highest BCUT2D eigenvalue weighted by molar-refractivity contribution is 6.11. The lowest BCUT2D eigenvalue weighted by molar-refractivity contribution is 0.102. The number of ether oxygens (including phenoxy) is 1. The lowest BCUT2D eigenvalue weighted by atomic mass is 10.1. The number of hydrogen-bond acceptors (Lipinski definition) is 5. The van der Waals surface area contributed by atoms with Crippen molar-refractivity contribution in [2.24, 2.45) is 7.05 Å². The number of fused-ring (bicyclic) bond motifs is 1. The Hall–Kier alpha value is -4.00. The fraction of sp³-hybridized carbons (Fsp3) is 0.0476. The average Bonchev–Trinajstić information content (AvgIpc) is 2.73. The number of nitrogens with zero attached hydrogens (tertiary/aromatic N) is 3. The van der Waals surface area contributed by atoms with Crippen molar-refractivity contribution in [3.05, 3.63) is 89.1 Å². The minimum atomic E-state index is -0.394. The normalized spacial score (nSPS) is 10.6. The molecule has 0 aliphatic carbocycles. The summed E-state index contributed by atoms with van der Waals surface area (Å²) in [6, 6.07) is 17.4. The Morgan fingerprint density at radius 2 is 1.57 bits per heavy atom. The fourth-order valence-electron chi connectivity index (χ4n) is 2.81. The first kappa shape index (κ1) is 17.4. The van der Waals surface area contributed by atoms with E-state index in [4.69, 9.17) is 4.74 Å². The molecule has 1 amide bonds. The highest BCUT2D eigenvalue weighted by atomic mass is 16.5. The van der Waals surface area contributed by atoms with E-state index in [0.717, 1.165) is 0 Å². The molecule has 2 heterocycles. The number of anilines is 1. The van der Waals surface area contributed by atoms with Gasteiger partial charge in [0.15, 0.2) is 5.69 Å². The van der Waals surface area contributed by atoms with E-state index >= 15 is 0 Å². The van der Waals surface area contributed by atoms with E-state index < -0.39 is 5.91 Å². The summed E-state index contributed by atoms with van der Waals surface area (Å²) in [6.45, 7) is 0. The van der Waals surface area contributed by atoms with Crippen LogP contribution < -0.4 is 15.6 Å². The van der Waals surface area contributed by atoms with Gasteiger partial charge in [-0.25, -0.2) is 4.68 Å². The molecule has 7 heteroatoms. The van der Waals surface area contributed by atoms with Gasteiger partial charge in [0.2, 0.25) is 0 Å². The number of pyridine rings is 1. The largest absolute Gasteiger partial charge is 0.457 e. The number of aryl methyl sites for hydroxylation is 1. The molecule has 0 fully saturated rings. The van der Waals surface area contributed by atoms with Crippen LogP contribution in [0.5, 0.6) is 11.5 Å². The maximum Gasteiger partial charge on any atom is 0.276 e. The molecule has 0 bridgehead atoms. The molecular formula is C21H16N4O3. The van der Waals surface area contributed by atoms with Gasteiger partial charge in [0, 0.05) is 30.5 Å². The predicted molar refractivity (Wildman–Crippen MR) is 106 cm³/mol. The number of rotatable bonds is 4. The number of benzene rings is 2. The van der Waals surface area contributed by atoms with Crippen LogP contribution in [0, 0.1) is 0 Å². The van der Waals surface area contributed by atoms with Gasteiger partial charge in [0.1, 0.15) is 11.5 Å². The van der Waals surface area contributed by atoms with Gasteiger partial charge < -0.3 is 10.1 Å². The molecule has 0 aliphatic rings. The summed E-state index contributed by atoms with van der Waals surface area (Å²) in [5, 5.41) is 7.90. The van der Waals surface area contributed by atoms with Crippen LogP contribution in [-0.2, 0) is 7.05 Å². The summed E-state index contributed by atoms with van der Waals surface area (Å²) in [5.74, 6) is 0.914. The lowest BCUT2D eigenvalue weighted by Gasteiger charge is -2.10. The second-order valence-corrected chi connectivity index (χ2v) is 6.09. The maximum atomic E-state index is 12.7. The zero-order chi connectivity index (χ0) is 19.5. The zero-order valence-electron chi connectivity index (χ0n) is 15.0. The topological polar surface area (TPSA) is 86.1 Å². The first-order chi connectivity index (χ1) is 13.6. The molecule has 0 spiro atoms. The number of aromatic nitrogens is 3. The molecule has 0 saturated heterocycles. The summed E-state index contributed by atoms with van der Waals surface area (Å²) >= 11 is 0. The molecule has 1 N–H and O–H groups in total. The van der Waals surface area contributed by atoms with Crippen LogP contribution in [-0.4, -0.2) is 20.7 Å². The number of nitrogens with one attached hydrogen (secondary N) is 1. The second-order valence-electron chi connectivity index (χ2n) is 6.09. The van der Waals surface area contributed by atoms with Crippen molar-refractivity contribution in [1.82, 2.24) is 14.8 Å². The van der Waals surface area contributed by atoms with Crippen LogP contribution in [0.1, 0.15) is 10.5 Å². The van der Waals surface area contributed by atoms with Crippen molar-refractivity contribution in [2.75, 3.05) is 5.32 Å². The summed E-state index contributed by atoms with van der Waals surface area (Å²) in [6.07, 6.45) is 3.29. The summed E-state index contributed by atoms with van der Waals surface area (Å²) in [7, 11) is 1.52. The number of carbonyl (C=O) groups excluding carboxylic acids is 1. The number of amides is 1. The molecule has 0 unspecified atom stereocenters. The molecule has 0 radical (unpaired) electrons. The molecule has 2 aromatic heterocycles. The van der Waals surface area contributed by atoms with Gasteiger partial charge in [-0.2, -0.15) is 5.10 Å². The van der Waals surface area contributed by atoms with E-state index in [1.54, 1.807) is 73.1 Å². The minimum Gasteiger partial charge on any atom is -0.457 e. The van der Waals surface area contributed by atoms with E-state index in [2.05, 4.69) is 15.4 Å². The Kier molecular flexibility index (Phi) is 4.55. The van der Waals surface area contributed by atoms with Gasteiger partial charge in [-0.05, 0) is 42.5 Å². The standard InChI is InChI=1S/C21H16N4O3/c1-25-21(27)18-5-3-2-4-17(18)19(24-25)20(26)23-14-6-8-15(9-7-14)28-16-10-12-22-13-11-16/h2-13H,1H3,(H,23,26). The zero-order valence-corrected chi connectivity index (χ0v) is 15.0. The van der Waals surface area contributed by atoms with E-state index in [-0.39, 0.29) is 11.3 Å². The van der Waals surface area contributed by atoms with E-state index in [1.807, 2.05) is 0 Å². The van der Waals surface area contributed by atoms with Gasteiger partial charge in [0.25, 0.3) is 11.5 Å². The number of carbonyl (C=O) groups is 1. The van der Waals surface area contributed by atoms with Crippen LogP contribution in [0.3, 0.4) is 0 Å². The monoisotopic (exact) mass is 372 g/mol. The second kappa shape index (κ2) is 7.32. The Labute approximate surface area is 160 Å². The Balaban J connectivity index is 1.57. The molecular weight excluding hydrogens is 356 g/mol. The molecule has 28 heavy (non-hydrogen) atoms. The Bertz CT molecular complexity index is 1200. The first-order valence-corrected chi connectivity index (χ1v) is 8.57. The van der Waals surface area contributed by atoms with E-state index in [9.17, 15) is 9.59 Å². The minimum absolute atomic E-state index is 0.190. The first-order valence-electron chi connectivity index (χ1n) is 8.57. The third-order valence-electron chi connectivity index (χ3n) is 4.17. The van der Waals surface area contributed by atoms with Gasteiger partial charge in [-0.15, -0.1) is 0 Å². The highest BCUT2D eigenvalue weighted by Gasteiger charge is 2.15. The molecule has 0 atom stereocenters. The van der Waals surface area contributed by atoms with Crippen LogP contribution in [0.4, 0.5) is 5.69 Å². The van der Waals surface area contributed by atoms with Crippen LogP contribution >= 0.6 is 0 Å². The van der Waals surface area contributed by atoms with Gasteiger partial charge >= 0.3 is 0 Å². The van der Waals surface area contributed by atoms with Crippen molar-refractivity contribution < 1.29 is 9.53 Å². The molecule has 138 valence electrons. The predicted octanol–water partition coefficient (Wildman–Crippen LogP) is 3.37. The third kappa shape index (κ3) is 3.45. The van der Waals surface area contributed by atoms with Crippen molar-refractivity contribution in [3.63, 3.8) is 0 Å². The van der Waals surface area contributed by atoms with Gasteiger partial charge in [0.05, 0.1) is 5.39 Å². The Morgan fingerprint density at radius 3 is 2.29 bits per heavy atom. The Morgan fingerprint density at radius 1 is 0.929 bits per heavy atom. The highest BCUT2D eigenvalue weighted by Crippen LogP contribution is 2.23. The van der Waals surface area contributed by atoms with Gasteiger partial charge in [-0.3, -0.25) is 14.6 Å². The van der Waals surface area contributed by atoms with Crippen molar-refractivity contribution >= 4 is 22.4 Å². The maximum absolute atomic E-state index is 12.7. The number of hydrogen-bond donors (Lipinski definition) is 1.